The van der Waals surface area contributed by atoms with Gasteiger partial charge in [-0.15, -0.1) is 0 Å². The van der Waals surface area contributed by atoms with Crippen molar-refractivity contribution in [1.29, 1.82) is 0 Å². The molecule has 3 nitrogen and oxygen atoms in total. The highest BCUT2D eigenvalue weighted by Gasteiger charge is 2.46. The van der Waals surface area contributed by atoms with E-state index in [9.17, 15) is 13.2 Å². The molecule has 0 aliphatic heterocycles. The molecule has 3 N–H and O–H groups in total. The molecular formula is C15H21F3N2O. The molecule has 6 heteroatoms. The Balaban J connectivity index is 2.46. The number of hydrazine groups is 1. The van der Waals surface area contributed by atoms with Crippen LogP contribution in [0.1, 0.15) is 49.8 Å². The second-order valence-corrected chi connectivity index (χ2v) is 5.39. The summed E-state index contributed by atoms with van der Waals surface area (Å²) in [6, 6.07) is 4.89. The number of hydrogen-bond donors (Lipinski definition) is 2. The Hall–Kier alpha value is -1.11. The molecule has 1 saturated carbocycles. The Morgan fingerprint density at radius 1 is 1.29 bits per heavy atom. The SMILES string of the molecule is CCOC1(C(NN)c2ccccc2C(F)(F)F)CCCC1. The Labute approximate surface area is 122 Å². The summed E-state index contributed by atoms with van der Waals surface area (Å²) in [6.07, 6.45) is -1.11. The standard InChI is InChI=1S/C15H21F3N2O/c1-2-21-14(9-5-6-10-14)13(20-19)11-7-3-4-8-12(11)15(16,17)18/h3-4,7-8,13,20H,2,5-6,9-10,19H2,1H3. The molecular weight excluding hydrogens is 281 g/mol. The smallest absolute Gasteiger partial charge is 0.373 e. The highest BCUT2D eigenvalue weighted by atomic mass is 19.4. The number of alkyl halides is 3. The molecule has 2 rings (SSSR count). The Morgan fingerprint density at radius 2 is 1.90 bits per heavy atom. The van der Waals surface area contributed by atoms with Crippen molar-refractivity contribution in [3.8, 4) is 0 Å². The monoisotopic (exact) mass is 302 g/mol. The van der Waals surface area contributed by atoms with Gasteiger partial charge in [0, 0.05) is 6.61 Å². The summed E-state index contributed by atoms with van der Waals surface area (Å²) < 4.78 is 45.6. The minimum absolute atomic E-state index is 0.155. The van der Waals surface area contributed by atoms with Gasteiger partial charge in [0.05, 0.1) is 17.2 Å². The zero-order chi connectivity index (χ0) is 15.5. The number of hydrogen-bond acceptors (Lipinski definition) is 3. The molecule has 0 radical (unpaired) electrons. The Morgan fingerprint density at radius 3 is 2.43 bits per heavy atom. The van der Waals surface area contributed by atoms with Crippen molar-refractivity contribution >= 4 is 0 Å². The molecule has 1 aromatic rings. The summed E-state index contributed by atoms with van der Waals surface area (Å²) in [5, 5.41) is 0. The maximum atomic E-state index is 13.2. The largest absolute Gasteiger partial charge is 0.416 e. The first-order valence-electron chi connectivity index (χ1n) is 7.21. The van der Waals surface area contributed by atoms with E-state index in [2.05, 4.69) is 5.43 Å². The minimum atomic E-state index is -4.41. The van der Waals surface area contributed by atoms with E-state index < -0.39 is 23.4 Å². The van der Waals surface area contributed by atoms with Crippen LogP contribution in [0, 0.1) is 0 Å². The third-order valence-electron chi connectivity index (χ3n) is 4.15. The number of nitrogens with two attached hydrogens (primary N) is 1. The number of ether oxygens (including phenoxy) is 1. The first-order valence-corrected chi connectivity index (χ1v) is 7.21. The summed E-state index contributed by atoms with van der Waals surface area (Å²) in [7, 11) is 0. The van der Waals surface area contributed by atoms with Crippen LogP contribution in [0.4, 0.5) is 13.2 Å². The normalized spacial score (nSPS) is 19.7. The van der Waals surface area contributed by atoms with E-state index in [4.69, 9.17) is 10.6 Å². The number of nitrogens with one attached hydrogen (secondary N) is 1. The van der Waals surface area contributed by atoms with Crippen molar-refractivity contribution < 1.29 is 17.9 Å². The van der Waals surface area contributed by atoms with Gasteiger partial charge >= 0.3 is 6.18 Å². The first-order chi connectivity index (χ1) is 9.94. The predicted octanol–water partition coefficient (Wildman–Crippen LogP) is 3.56. The lowest BCUT2D eigenvalue weighted by molar-refractivity contribution is -0.139. The molecule has 21 heavy (non-hydrogen) atoms. The Bertz CT molecular complexity index is 470. The lowest BCUT2D eigenvalue weighted by Gasteiger charge is -2.38. The Kier molecular flexibility index (Phi) is 4.91. The van der Waals surface area contributed by atoms with Gasteiger partial charge in [0.2, 0.25) is 0 Å². The van der Waals surface area contributed by atoms with E-state index >= 15 is 0 Å². The second kappa shape index (κ2) is 6.34. The molecule has 0 heterocycles. The number of benzene rings is 1. The molecule has 0 spiro atoms. The molecule has 0 aromatic heterocycles. The summed E-state index contributed by atoms with van der Waals surface area (Å²) in [5.41, 5.74) is 1.41. The zero-order valence-electron chi connectivity index (χ0n) is 12.0. The molecule has 1 fully saturated rings. The second-order valence-electron chi connectivity index (χ2n) is 5.39. The van der Waals surface area contributed by atoms with Crippen LogP contribution in [0.15, 0.2) is 24.3 Å². The van der Waals surface area contributed by atoms with Crippen LogP contribution in [0.25, 0.3) is 0 Å². The van der Waals surface area contributed by atoms with Gasteiger partial charge in [-0.05, 0) is 31.4 Å². The average molecular weight is 302 g/mol. The highest BCUT2D eigenvalue weighted by molar-refractivity contribution is 5.34. The topological polar surface area (TPSA) is 47.3 Å². The van der Waals surface area contributed by atoms with Gasteiger partial charge in [0.25, 0.3) is 0 Å². The van der Waals surface area contributed by atoms with Gasteiger partial charge < -0.3 is 4.74 Å². The summed E-state index contributed by atoms with van der Waals surface area (Å²) in [6.45, 7) is 2.30. The van der Waals surface area contributed by atoms with Gasteiger partial charge in [-0.3, -0.25) is 11.3 Å². The van der Waals surface area contributed by atoms with Gasteiger partial charge in [0.1, 0.15) is 0 Å². The average Bonchev–Trinajstić information content (AvgIpc) is 2.89. The van der Waals surface area contributed by atoms with Gasteiger partial charge in [-0.1, -0.05) is 31.0 Å². The van der Waals surface area contributed by atoms with E-state index in [1.165, 1.54) is 12.1 Å². The highest BCUT2D eigenvalue weighted by Crippen LogP contribution is 2.45. The fraction of sp³-hybridized carbons (Fsp3) is 0.600. The van der Waals surface area contributed by atoms with Crippen molar-refractivity contribution in [1.82, 2.24) is 5.43 Å². The van der Waals surface area contributed by atoms with E-state index in [0.29, 0.717) is 19.4 Å². The van der Waals surface area contributed by atoms with Crippen molar-refractivity contribution in [2.75, 3.05) is 6.61 Å². The van der Waals surface area contributed by atoms with Crippen LogP contribution < -0.4 is 11.3 Å². The van der Waals surface area contributed by atoms with Gasteiger partial charge in [-0.25, -0.2) is 0 Å². The molecule has 1 aliphatic carbocycles. The van der Waals surface area contributed by atoms with Crippen LogP contribution in [0.2, 0.25) is 0 Å². The maximum absolute atomic E-state index is 13.2. The van der Waals surface area contributed by atoms with E-state index in [1.54, 1.807) is 6.07 Å². The summed E-state index contributed by atoms with van der Waals surface area (Å²) in [5.74, 6) is 5.61. The van der Waals surface area contributed by atoms with Crippen LogP contribution in [-0.4, -0.2) is 12.2 Å². The fourth-order valence-corrected chi connectivity index (χ4v) is 3.31. The van der Waals surface area contributed by atoms with Crippen molar-refractivity contribution in [2.24, 2.45) is 5.84 Å². The lowest BCUT2D eigenvalue weighted by atomic mass is 9.84. The molecule has 1 atom stereocenters. The van der Waals surface area contributed by atoms with Crippen molar-refractivity contribution in [2.45, 2.75) is 50.4 Å². The third kappa shape index (κ3) is 3.22. The lowest BCUT2D eigenvalue weighted by Crippen LogP contribution is -2.47. The number of rotatable bonds is 5. The van der Waals surface area contributed by atoms with Crippen LogP contribution in [0.3, 0.4) is 0 Å². The van der Waals surface area contributed by atoms with Gasteiger partial charge in [-0.2, -0.15) is 13.2 Å². The van der Waals surface area contributed by atoms with Crippen LogP contribution in [-0.2, 0) is 10.9 Å². The molecule has 1 aromatic carbocycles. The van der Waals surface area contributed by atoms with E-state index in [0.717, 1.165) is 18.9 Å². The quantitative estimate of drug-likeness (QED) is 0.646. The molecule has 0 saturated heterocycles. The van der Waals surface area contributed by atoms with E-state index in [-0.39, 0.29) is 5.56 Å². The number of halogens is 3. The molecule has 0 bridgehead atoms. The summed E-state index contributed by atoms with van der Waals surface area (Å²) >= 11 is 0. The maximum Gasteiger partial charge on any atom is 0.416 e. The molecule has 1 unspecified atom stereocenters. The van der Waals surface area contributed by atoms with Gasteiger partial charge in [0.15, 0.2) is 0 Å². The molecule has 1 aliphatic rings. The summed E-state index contributed by atoms with van der Waals surface area (Å²) in [4.78, 5) is 0. The first kappa shape index (κ1) is 16.3. The predicted molar refractivity (Wildman–Crippen MR) is 74.3 cm³/mol. The van der Waals surface area contributed by atoms with Crippen LogP contribution >= 0.6 is 0 Å². The minimum Gasteiger partial charge on any atom is -0.373 e. The van der Waals surface area contributed by atoms with Crippen molar-refractivity contribution in [3.05, 3.63) is 35.4 Å². The molecule has 0 amide bonds. The van der Waals surface area contributed by atoms with Crippen LogP contribution in [0.5, 0.6) is 0 Å². The fourth-order valence-electron chi connectivity index (χ4n) is 3.31. The van der Waals surface area contributed by atoms with E-state index in [1.807, 2.05) is 6.92 Å². The zero-order valence-corrected chi connectivity index (χ0v) is 12.0. The van der Waals surface area contributed by atoms with Crippen molar-refractivity contribution in [3.63, 3.8) is 0 Å². The third-order valence-corrected chi connectivity index (χ3v) is 4.15. The molecule has 118 valence electrons.